The van der Waals surface area contributed by atoms with Crippen LogP contribution in [-0.4, -0.2) is 20.6 Å². The van der Waals surface area contributed by atoms with Gasteiger partial charge >= 0.3 is 0 Å². The Morgan fingerprint density at radius 3 is 2.90 bits per heavy atom. The maximum atomic E-state index is 4.48. The van der Waals surface area contributed by atoms with E-state index in [-0.39, 0.29) is 0 Å². The van der Waals surface area contributed by atoms with E-state index in [9.17, 15) is 0 Å². The third-order valence-electron chi connectivity index (χ3n) is 4.09. The Labute approximate surface area is 120 Å². The monoisotopic (exact) mass is 270 g/mol. The van der Waals surface area contributed by atoms with Crippen LogP contribution in [0.3, 0.4) is 0 Å². The van der Waals surface area contributed by atoms with Crippen LogP contribution in [0.15, 0.2) is 37.1 Å². The van der Waals surface area contributed by atoms with Gasteiger partial charge in [0, 0.05) is 18.4 Å². The summed E-state index contributed by atoms with van der Waals surface area (Å²) in [6.07, 6.45) is 12.5. The van der Waals surface area contributed by atoms with Gasteiger partial charge < -0.3 is 5.32 Å². The van der Waals surface area contributed by atoms with Crippen LogP contribution in [0.2, 0.25) is 0 Å². The van der Waals surface area contributed by atoms with E-state index in [0.717, 1.165) is 11.5 Å². The quantitative estimate of drug-likeness (QED) is 0.925. The second-order valence-electron chi connectivity index (χ2n) is 6.48. The van der Waals surface area contributed by atoms with Gasteiger partial charge in [0.1, 0.15) is 12.1 Å². The molecule has 1 N–H and O–H groups in total. The maximum absolute atomic E-state index is 4.48. The molecule has 2 aromatic heterocycles. The van der Waals surface area contributed by atoms with Crippen LogP contribution >= 0.6 is 0 Å². The molecule has 0 spiro atoms. The first-order valence-corrected chi connectivity index (χ1v) is 7.33. The molecule has 2 heterocycles. The molecule has 0 bridgehead atoms. The lowest BCUT2D eigenvalue weighted by molar-refractivity contribution is 0.229. The highest BCUT2D eigenvalue weighted by atomic mass is 15.1. The van der Waals surface area contributed by atoms with E-state index in [1.165, 1.54) is 25.7 Å². The summed E-state index contributed by atoms with van der Waals surface area (Å²) in [5, 5.41) is 3.62. The van der Waals surface area contributed by atoms with Crippen molar-refractivity contribution in [1.29, 1.82) is 0 Å². The minimum Gasteiger partial charge on any atom is -0.381 e. The van der Waals surface area contributed by atoms with Gasteiger partial charge in [-0.15, -0.1) is 0 Å². The number of nitrogens with one attached hydrogen (secondary N) is 1. The summed E-state index contributed by atoms with van der Waals surface area (Å²) in [4.78, 5) is 8.52. The molecule has 0 aliphatic heterocycles. The van der Waals surface area contributed by atoms with Gasteiger partial charge in [-0.2, -0.15) is 0 Å². The summed E-state index contributed by atoms with van der Waals surface area (Å²) in [6.45, 7) is 4.72. The van der Waals surface area contributed by atoms with Gasteiger partial charge in [-0.3, -0.25) is 4.57 Å². The van der Waals surface area contributed by atoms with Crippen molar-refractivity contribution in [3.05, 3.63) is 37.1 Å². The molecule has 0 radical (unpaired) electrons. The molecule has 1 unspecified atom stereocenters. The van der Waals surface area contributed by atoms with Gasteiger partial charge in [0.25, 0.3) is 0 Å². The number of anilines is 1. The van der Waals surface area contributed by atoms with Crippen molar-refractivity contribution >= 4 is 5.69 Å². The molecule has 0 saturated heterocycles. The van der Waals surface area contributed by atoms with Gasteiger partial charge in [-0.25, -0.2) is 9.97 Å². The van der Waals surface area contributed by atoms with Crippen molar-refractivity contribution in [2.75, 3.05) is 5.32 Å². The van der Waals surface area contributed by atoms with Crippen molar-refractivity contribution in [3.63, 3.8) is 0 Å². The van der Waals surface area contributed by atoms with Crippen molar-refractivity contribution in [2.24, 2.45) is 5.41 Å². The highest BCUT2D eigenvalue weighted by molar-refractivity contribution is 5.44. The second kappa shape index (κ2) is 5.27. The Balaban J connectivity index is 1.66. The predicted octanol–water partition coefficient (Wildman–Crippen LogP) is 3.65. The lowest BCUT2D eigenvalue weighted by Gasteiger charge is -2.36. The molecule has 106 valence electrons. The fourth-order valence-electron chi connectivity index (χ4n) is 3.08. The summed E-state index contributed by atoms with van der Waals surface area (Å²) in [6, 6.07) is 4.70. The molecule has 0 aromatic carbocycles. The number of nitrogens with zero attached hydrogens (tertiary/aromatic N) is 3. The molecule has 0 amide bonds. The molecule has 1 aliphatic carbocycles. The fourth-order valence-corrected chi connectivity index (χ4v) is 3.08. The van der Waals surface area contributed by atoms with Crippen LogP contribution in [0.25, 0.3) is 5.82 Å². The van der Waals surface area contributed by atoms with Crippen LogP contribution in [0.1, 0.15) is 39.5 Å². The SMILES string of the molecule is CC1(C)CCCC(Nc2ccc(-n3ccnc3)nc2)C1. The predicted molar refractivity (Wildman–Crippen MR) is 81.0 cm³/mol. The summed E-state index contributed by atoms with van der Waals surface area (Å²) >= 11 is 0. The molecule has 1 atom stereocenters. The van der Waals surface area contributed by atoms with E-state index in [4.69, 9.17) is 0 Å². The zero-order chi connectivity index (χ0) is 14.0. The average Bonchev–Trinajstić information content (AvgIpc) is 2.92. The van der Waals surface area contributed by atoms with Crippen molar-refractivity contribution in [2.45, 2.75) is 45.6 Å². The number of hydrogen-bond acceptors (Lipinski definition) is 3. The Bertz CT molecular complexity index is 542. The third kappa shape index (κ3) is 3.00. The standard InChI is InChI=1S/C16H22N4/c1-16(2)7-3-4-13(10-16)19-14-5-6-15(18-11-14)20-9-8-17-12-20/h5-6,8-9,11-13,19H,3-4,7,10H2,1-2H3. The Morgan fingerprint density at radius 2 is 2.25 bits per heavy atom. The van der Waals surface area contributed by atoms with Crippen LogP contribution in [0, 0.1) is 5.41 Å². The first-order valence-electron chi connectivity index (χ1n) is 7.33. The molecule has 20 heavy (non-hydrogen) atoms. The number of aromatic nitrogens is 3. The van der Waals surface area contributed by atoms with E-state index < -0.39 is 0 Å². The highest BCUT2D eigenvalue weighted by Crippen LogP contribution is 2.36. The van der Waals surface area contributed by atoms with Gasteiger partial charge in [-0.05, 0) is 36.8 Å². The third-order valence-corrected chi connectivity index (χ3v) is 4.09. The highest BCUT2D eigenvalue weighted by Gasteiger charge is 2.27. The molecular weight excluding hydrogens is 248 g/mol. The summed E-state index contributed by atoms with van der Waals surface area (Å²) < 4.78 is 1.91. The van der Waals surface area contributed by atoms with Gasteiger partial charge in [0.05, 0.1) is 11.9 Å². The molecule has 3 rings (SSSR count). The maximum Gasteiger partial charge on any atom is 0.137 e. The first kappa shape index (κ1) is 13.2. The Kier molecular flexibility index (Phi) is 3.47. The largest absolute Gasteiger partial charge is 0.381 e. The molecule has 2 aromatic rings. The van der Waals surface area contributed by atoms with Gasteiger partial charge in [-0.1, -0.05) is 20.3 Å². The average molecular weight is 270 g/mol. The van der Waals surface area contributed by atoms with Crippen LogP contribution in [-0.2, 0) is 0 Å². The second-order valence-corrected chi connectivity index (χ2v) is 6.48. The molecule has 1 saturated carbocycles. The van der Waals surface area contributed by atoms with Crippen molar-refractivity contribution < 1.29 is 0 Å². The van der Waals surface area contributed by atoms with Gasteiger partial charge in [0.2, 0.25) is 0 Å². The zero-order valence-corrected chi connectivity index (χ0v) is 12.2. The van der Waals surface area contributed by atoms with Crippen molar-refractivity contribution in [3.8, 4) is 5.82 Å². The molecule has 1 fully saturated rings. The Hall–Kier alpha value is -1.84. The Morgan fingerprint density at radius 1 is 1.35 bits per heavy atom. The number of rotatable bonds is 3. The topological polar surface area (TPSA) is 42.7 Å². The van der Waals surface area contributed by atoms with E-state index in [1.807, 2.05) is 23.0 Å². The normalized spacial score (nSPS) is 21.6. The molecular formula is C16H22N4. The lowest BCUT2D eigenvalue weighted by Crippen LogP contribution is -2.31. The van der Waals surface area contributed by atoms with Crippen LogP contribution < -0.4 is 5.32 Å². The number of hydrogen-bond donors (Lipinski definition) is 1. The smallest absolute Gasteiger partial charge is 0.137 e. The minimum absolute atomic E-state index is 0.458. The number of imidazole rings is 1. The molecule has 4 nitrogen and oxygen atoms in total. The van der Waals surface area contributed by atoms with E-state index in [0.29, 0.717) is 11.5 Å². The van der Waals surface area contributed by atoms with E-state index >= 15 is 0 Å². The number of pyridine rings is 1. The molecule has 4 heteroatoms. The van der Waals surface area contributed by atoms with Crippen LogP contribution in [0.5, 0.6) is 0 Å². The fraction of sp³-hybridized carbons (Fsp3) is 0.500. The van der Waals surface area contributed by atoms with Crippen LogP contribution in [0.4, 0.5) is 5.69 Å². The lowest BCUT2D eigenvalue weighted by atomic mass is 9.75. The molecule has 1 aliphatic rings. The van der Waals surface area contributed by atoms with E-state index in [2.05, 4.69) is 35.2 Å². The summed E-state index contributed by atoms with van der Waals surface area (Å²) in [5.41, 5.74) is 1.57. The van der Waals surface area contributed by atoms with Gasteiger partial charge in [0.15, 0.2) is 0 Å². The first-order chi connectivity index (χ1) is 9.62. The minimum atomic E-state index is 0.458. The summed E-state index contributed by atoms with van der Waals surface area (Å²) in [7, 11) is 0. The van der Waals surface area contributed by atoms with Crippen molar-refractivity contribution in [1.82, 2.24) is 14.5 Å². The zero-order valence-electron chi connectivity index (χ0n) is 12.2. The summed E-state index contributed by atoms with van der Waals surface area (Å²) in [5.74, 6) is 0.900. The van der Waals surface area contributed by atoms with E-state index in [1.54, 1.807) is 12.5 Å².